The molecule has 0 fully saturated rings. The fraction of sp³-hybridized carbons (Fsp3) is 0.750. The van der Waals surface area contributed by atoms with Crippen molar-refractivity contribution in [1.29, 1.82) is 0 Å². The summed E-state index contributed by atoms with van der Waals surface area (Å²) in [4.78, 5) is 0. The van der Waals surface area contributed by atoms with Gasteiger partial charge in [0.15, 0.2) is 0 Å². The fourth-order valence-electron chi connectivity index (χ4n) is 0.925. The Balaban J connectivity index is 4.73. The molecular formula is C8H16N2O2. The second kappa shape index (κ2) is 4.74. The first-order chi connectivity index (χ1) is 5.54. The van der Waals surface area contributed by atoms with E-state index in [4.69, 9.17) is 10.4 Å². The van der Waals surface area contributed by atoms with Crippen LogP contribution >= 0.6 is 0 Å². The van der Waals surface area contributed by atoms with Crippen LogP contribution in [0.15, 0.2) is 10.3 Å². The van der Waals surface area contributed by atoms with Crippen molar-refractivity contribution in [1.82, 2.24) is 0 Å². The Bertz CT molecular complexity index is 173. The molecule has 0 amide bonds. The predicted molar refractivity (Wildman–Crippen MR) is 48.1 cm³/mol. The molecule has 0 aromatic rings. The molecule has 0 aliphatic carbocycles. The van der Waals surface area contributed by atoms with E-state index in [-0.39, 0.29) is 11.8 Å². The second-order valence-electron chi connectivity index (χ2n) is 3.28. The molecule has 0 aliphatic heterocycles. The number of hydrogen-bond donors (Lipinski definition) is 2. The minimum Gasteiger partial charge on any atom is -0.411 e. The highest BCUT2D eigenvalue weighted by atomic mass is 16.4. The number of nitrogens with zero attached hydrogens (tertiary/aromatic N) is 2. The minimum absolute atomic E-state index is 0.0586. The summed E-state index contributed by atoms with van der Waals surface area (Å²) < 4.78 is 0. The van der Waals surface area contributed by atoms with Crippen LogP contribution in [0.25, 0.3) is 0 Å². The molecule has 0 unspecified atom stereocenters. The molecule has 0 spiro atoms. The van der Waals surface area contributed by atoms with E-state index in [1.165, 1.54) is 0 Å². The smallest absolute Gasteiger partial charge is 0.107 e. The van der Waals surface area contributed by atoms with Crippen molar-refractivity contribution in [3.05, 3.63) is 0 Å². The van der Waals surface area contributed by atoms with E-state index in [2.05, 4.69) is 10.3 Å². The van der Waals surface area contributed by atoms with Gasteiger partial charge in [0.25, 0.3) is 0 Å². The van der Waals surface area contributed by atoms with Crippen molar-refractivity contribution in [2.75, 3.05) is 0 Å². The van der Waals surface area contributed by atoms with Gasteiger partial charge in [-0.3, -0.25) is 0 Å². The summed E-state index contributed by atoms with van der Waals surface area (Å²) in [7, 11) is 0. The van der Waals surface area contributed by atoms with E-state index in [1.54, 1.807) is 0 Å². The summed E-state index contributed by atoms with van der Waals surface area (Å²) in [6.45, 7) is 7.51. The van der Waals surface area contributed by atoms with Gasteiger partial charge in [0.1, 0.15) is 11.4 Å². The van der Waals surface area contributed by atoms with E-state index >= 15 is 0 Å². The Labute approximate surface area is 72.6 Å². The molecule has 4 heteroatoms. The first-order valence-electron chi connectivity index (χ1n) is 3.98. The molecule has 0 bridgehead atoms. The number of hydrogen-bond acceptors (Lipinski definition) is 4. The quantitative estimate of drug-likeness (QED) is 0.388. The highest BCUT2D eigenvalue weighted by molar-refractivity contribution is 6.43. The van der Waals surface area contributed by atoms with Crippen LogP contribution in [0.4, 0.5) is 0 Å². The average Bonchev–Trinajstić information content (AvgIpc) is 1.98. The summed E-state index contributed by atoms with van der Waals surface area (Å²) in [5.41, 5.74) is 0.875. The van der Waals surface area contributed by atoms with Gasteiger partial charge >= 0.3 is 0 Å². The van der Waals surface area contributed by atoms with E-state index < -0.39 is 0 Å². The number of rotatable bonds is 3. The Morgan fingerprint density at radius 1 is 0.833 bits per heavy atom. The maximum atomic E-state index is 8.64. The third kappa shape index (κ3) is 2.53. The maximum Gasteiger partial charge on any atom is 0.107 e. The van der Waals surface area contributed by atoms with Gasteiger partial charge in [-0.25, -0.2) is 0 Å². The summed E-state index contributed by atoms with van der Waals surface area (Å²) in [5, 5.41) is 23.5. The topological polar surface area (TPSA) is 65.2 Å². The van der Waals surface area contributed by atoms with E-state index in [0.29, 0.717) is 11.4 Å². The molecule has 0 rings (SSSR count). The maximum absolute atomic E-state index is 8.64. The van der Waals surface area contributed by atoms with E-state index in [0.717, 1.165) is 0 Å². The lowest BCUT2D eigenvalue weighted by atomic mass is 9.96. The highest BCUT2D eigenvalue weighted by Gasteiger charge is 2.17. The Hall–Kier alpha value is -1.06. The summed E-state index contributed by atoms with van der Waals surface area (Å²) in [6.07, 6.45) is 0. The molecule has 0 saturated heterocycles. The zero-order valence-electron chi connectivity index (χ0n) is 7.94. The summed E-state index contributed by atoms with van der Waals surface area (Å²) >= 11 is 0. The zero-order chi connectivity index (χ0) is 9.72. The van der Waals surface area contributed by atoms with Crippen molar-refractivity contribution in [2.24, 2.45) is 22.1 Å². The largest absolute Gasteiger partial charge is 0.411 e. The highest BCUT2D eigenvalue weighted by Crippen LogP contribution is 2.06. The van der Waals surface area contributed by atoms with Gasteiger partial charge in [-0.2, -0.15) is 0 Å². The SMILES string of the molecule is CC(C)C(=N\O)/C(=N/O)C(C)C. The summed E-state index contributed by atoms with van der Waals surface area (Å²) in [6, 6.07) is 0. The van der Waals surface area contributed by atoms with Gasteiger partial charge in [0.2, 0.25) is 0 Å². The second-order valence-corrected chi connectivity index (χ2v) is 3.28. The van der Waals surface area contributed by atoms with Crippen molar-refractivity contribution < 1.29 is 10.4 Å². The fourth-order valence-corrected chi connectivity index (χ4v) is 0.925. The summed E-state index contributed by atoms with van der Waals surface area (Å²) in [5.74, 6) is 0.117. The number of oxime groups is 2. The molecule has 0 aromatic carbocycles. The predicted octanol–water partition coefficient (Wildman–Crippen LogP) is 1.96. The first kappa shape index (κ1) is 10.9. The lowest BCUT2D eigenvalue weighted by Crippen LogP contribution is -2.25. The van der Waals surface area contributed by atoms with Crippen LogP contribution in [0.2, 0.25) is 0 Å². The Morgan fingerprint density at radius 2 is 1.08 bits per heavy atom. The van der Waals surface area contributed by atoms with Gasteiger partial charge in [-0.05, 0) is 0 Å². The molecule has 0 radical (unpaired) electrons. The van der Waals surface area contributed by atoms with Crippen molar-refractivity contribution >= 4 is 11.4 Å². The van der Waals surface area contributed by atoms with Crippen LogP contribution in [-0.2, 0) is 0 Å². The molecule has 0 heterocycles. The van der Waals surface area contributed by atoms with Crippen molar-refractivity contribution in [3.63, 3.8) is 0 Å². The third-order valence-electron chi connectivity index (χ3n) is 1.57. The minimum atomic E-state index is 0.0586. The van der Waals surface area contributed by atoms with Gasteiger partial charge in [0, 0.05) is 11.8 Å². The van der Waals surface area contributed by atoms with E-state index in [1.807, 2.05) is 27.7 Å². The molecule has 0 aliphatic rings. The van der Waals surface area contributed by atoms with Crippen LogP contribution in [0.1, 0.15) is 27.7 Å². The normalized spacial score (nSPS) is 14.5. The van der Waals surface area contributed by atoms with Crippen LogP contribution in [0.3, 0.4) is 0 Å². The van der Waals surface area contributed by atoms with Gasteiger partial charge in [-0.15, -0.1) is 0 Å². The van der Waals surface area contributed by atoms with Crippen LogP contribution < -0.4 is 0 Å². The van der Waals surface area contributed by atoms with E-state index in [9.17, 15) is 0 Å². The lowest BCUT2D eigenvalue weighted by Gasteiger charge is -2.11. The Kier molecular flexibility index (Phi) is 4.33. The molecular weight excluding hydrogens is 156 g/mol. The first-order valence-corrected chi connectivity index (χ1v) is 3.98. The molecule has 2 N–H and O–H groups in total. The van der Waals surface area contributed by atoms with Gasteiger partial charge in [-0.1, -0.05) is 38.0 Å². The molecule has 0 saturated carbocycles. The molecule has 0 aromatic heterocycles. The van der Waals surface area contributed by atoms with Crippen LogP contribution in [0.5, 0.6) is 0 Å². The van der Waals surface area contributed by atoms with Crippen LogP contribution in [0, 0.1) is 11.8 Å². The molecule has 12 heavy (non-hydrogen) atoms. The molecule has 70 valence electrons. The lowest BCUT2D eigenvalue weighted by molar-refractivity contribution is 0.309. The van der Waals surface area contributed by atoms with Crippen molar-refractivity contribution in [3.8, 4) is 0 Å². The molecule has 0 atom stereocenters. The third-order valence-corrected chi connectivity index (χ3v) is 1.57. The molecule has 4 nitrogen and oxygen atoms in total. The standard InChI is InChI=1S/C8H16N2O2/c1-5(2)7(9-11)8(10-12)6(3)4/h5-6,11-12H,1-4H3/b9-7+,10-8+. The van der Waals surface area contributed by atoms with Gasteiger partial charge < -0.3 is 10.4 Å². The Morgan fingerprint density at radius 3 is 1.17 bits per heavy atom. The monoisotopic (exact) mass is 172 g/mol. The van der Waals surface area contributed by atoms with Crippen molar-refractivity contribution in [2.45, 2.75) is 27.7 Å². The van der Waals surface area contributed by atoms with Crippen LogP contribution in [-0.4, -0.2) is 21.8 Å². The average molecular weight is 172 g/mol. The van der Waals surface area contributed by atoms with Gasteiger partial charge in [0.05, 0.1) is 0 Å². The zero-order valence-corrected chi connectivity index (χ0v) is 7.94.